The van der Waals surface area contributed by atoms with Gasteiger partial charge in [-0.25, -0.2) is 0 Å². The van der Waals surface area contributed by atoms with Crippen LogP contribution in [-0.4, -0.2) is 6.04 Å². The Hall–Kier alpha value is -0.350. The summed E-state index contributed by atoms with van der Waals surface area (Å²) < 4.78 is 0.870. The SMILES string of the molecule is CC(NC(c1cccs1)c1ccc(Cl)s1)C1CCC1. The quantitative estimate of drug-likeness (QED) is 0.787. The van der Waals surface area contributed by atoms with Crippen LogP contribution in [0.5, 0.6) is 0 Å². The Morgan fingerprint density at radius 1 is 1.26 bits per heavy atom. The number of hydrogen-bond donors (Lipinski definition) is 1. The van der Waals surface area contributed by atoms with Crippen molar-refractivity contribution in [2.45, 2.75) is 38.3 Å². The second-order valence-electron chi connectivity index (χ2n) is 5.24. The van der Waals surface area contributed by atoms with Crippen LogP contribution >= 0.6 is 34.3 Å². The highest BCUT2D eigenvalue weighted by Crippen LogP contribution is 2.36. The molecule has 0 spiro atoms. The minimum absolute atomic E-state index is 0.299. The van der Waals surface area contributed by atoms with Gasteiger partial charge in [-0.3, -0.25) is 0 Å². The molecule has 0 bridgehead atoms. The zero-order valence-electron chi connectivity index (χ0n) is 10.9. The van der Waals surface area contributed by atoms with E-state index in [4.69, 9.17) is 11.6 Å². The fraction of sp³-hybridized carbons (Fsp3) is 0.467. The molecule has 1 saturated carbocycles. The van der Waals surface area contributed by atoms with E-state index in [2.05, 4.69) is 35.8 Å². The molecule has 102 valence electrons. The maximum Gasteiger partial charge on any atom is 0.0931 e. The zero-order valence-corrected chi connectivity index (χ0v) is 13.3. The van der Waals surface area contributed by atoms with E-state index in [0.29, 0.717) is 12.1 Å². The van der Waals surface area contributed by atoms with E-state index in [1.165, 1.54) is 29.0 Å². The van der Waals surface area contributed by atoms with Crippen molar-refractivity contribution in [2.24, 2.45) is 5.92 Å². The van der Waals surface area contributed by atoms with E-state index in [9.17, 15) is 0 Å². The summed E-state index contributed by atoms with van der Waals surface area (Å²) in [5.41, 5.74) is 0. The van der Waals surface area contributed by atoms with E-state index >= 15 is 0 Å². The van der Waals surface area contributed by atoms with Gasteiger partial charge in [0, 0.05) is 15.8 Å². The first-order chi connectivity index (χ1) is 9.24. The molecule has 1 fully saturated rings. The molecule has 0 aliphatic heterocycles. The molecule has 2 aromatic rings. The number of hydrogen-bond acceptors (Lipinski definition) is 3. The molecule has 1 nitrogen and oxygen atoms in total. The average Bonchev–Trinajstić information content (AvgIpc) is 2.94. The van der Waals surface area contributed by atoms with Gasteiger partial charge in [0.1, 0.15) is 0 Å². The first-order valence-electron chi connectivity index (χ1n) is 6.78. The number of rotatable bonds is 5. The molecular formula is C15H18ClNS2. The third kappa shape index (κ3) is 3.05. The highest BCUT2D eigenvalue weighted by Gasteiger charge is 2.27. The van der Waals surface area contributed by atoms with Crippen LogP contribution in [-0.2, 0) is 0 Å². The van der Waals surface area contributed by atoms with Gasteiger partial charge in [-0.2, -0.15) is 0 Å². The number of halogens is 1. The van der Waals surface area contributed by atoms with Gasteiger partial charge in [-0.05, 0) is 49.3 Å². The van der Waals surface area contributed by atoms with Gasteiger partial charge in [0.05, 0.1) is 10.4 Å². The summed E-state index contributed by atoms with van der Waals surface area (Å²) in [6.07, 6.45) is 4.14. The van der Waals surface area contributed by atoms with Gasteiger partial charge < -0.3 is 5.32 Å². The van der Waals surface area contributed by atoms with E-state index in [-0.39, 0.29) is 0 Å². The predicted molar refractivity (Wildman–Crippen MR) is 85.4 cm³/mol. The van der Waals surface area contributed by atoms with Crippen molar-refractivity contribution < 1.29 is 0 Å². The van der Waals surface area contributed by atoms with Crippen molar-refractivity contribution in [3.63, 3.8) is 0 Å². The summed E-state index contributed by atoms with van der Waals surface area (Å²) in [5.74, 6) is 0.845. The molecule has 19 heavy (non-hydrogen) atoms. The van der Waals surface area contributed by atoms with Gasteiger partial charge in [-0.1, -0.05) is 24.1 Å². The van der Waals surface area contributed by atoms with Crippen molar-refractivity contribution in [3.8, 4) is 0 Å². The molecule has 2 unspecified atom stereocenters. The Bertz CT molecular complexity index is 516. The van der Waals surface area contributed by atoms with Crippen LogP contribution in [0.1, 0.15) is 42.0 Å². The standard InChI is InChI=1S/C15H18ClNS2/c1-10(11-4-2-5-11)17-15(12-6-3-9-18-12)13-7-8-14(16)19-13/h3,6-11,15,17H,2,4-5H2,1H3. The fourth-order valence-electron chi connectivity index (χ4n) is 2.58. The van der Waals surface area contributed by atoms with Crippen molar-refractivity contribution in [2.75, 3.05) is 0 Å². The Balaban J connectivity index is 1.80. The minimum Gasteiger partial charge on any atom is -0.302 e. The Labute approximate surface area is 127 Å². The summed E-state index contributed by atoms with van der Waals surface area (Å²) in [6, 6.07) is 9.35. The molecule has 2 heterocycles. The van der Waals surface area contributed by atoms with Gasteiger partial charge in [0.15, 0.2) is 0 Å². The van der Waals surface area contributed by atoms with Crippen LogP contribution in [0.2, 0.25) is 4.34 Å². The molecule has 0 radical (unpaired) electrons. The van der Waals surface area contributed by atoms with E-state index < -0.39 is 0 Å². The second-order valence-corrected chi connectivity index (χ2v) is 7.96. The van der Waals surface area contributed by atoms with Gasteiger partial charge >= 0.3 is 0 Å². The molecule has 1 aliphatic carbocycles. The van der Waals surface area contributed by atoms with Crippen LogP contribution < -0.4 is 5.32 Å². The van der Waals surface area contributed by atoms with Crippen LogP contribution in [0.25, 0.3) is 0 Å². The number of thiophene rings is 2. The fourth-order valence-corrected chi connectivity index (χ4v) is 4.60. The van der Waals surface area contributed by atoms with Gasteiger partial charge in [0.25, 0.3) is 0 Å². The molecule has 3 rings (SSSR count). The van der Waals surface area contributed by atoms with E-state index in [1.54, 1.807) is 11.3 Å². The molecule has 2 aromatic heterocycles. The third-order valence-electron chi connectivity index (χ3n) is 3.99. The molecule has 0 aromatic carbocycles. The lowest BCUT2D eigenvalue weighted by molar-refractivity contribution is 0.234. The lowest BCUT2D eigenvalue weighted by atomic mass is 9.80. The second kappa shape index (κ2) is 5.96. The lowest BCUT2D eigenvalue weighted by Crippen LogP contribution is -2.39. The minimum atomic E-state index is 0.299. The van der Waals surface area contributed by atoms with Gasteiger partial charge in [0.2, 0.25) is 0 Å². The summed E-state index contributed by atoms with van der Waals surface area (Å²) in [5, 5.41) is 5.96. The third-order valence-corrected chi connectivity index (χ3v) is 6.23. The Morgan fingerprint density at radius 2 is 2.11 bits per heavy atom. The lowest BCUT2D eigenvalue weighted by Gasteiger charge is -2.34. The zero-order chi connectivity index (χ0) is 13.2. The first kappa shape index (κ1) is 13.6. The van der Waals surface area contributed by atoms with Crippen LogP contribution in [0.15, 0.2) is 29.6 Å². The van der Waals surface area contributed by atoms with Crippen LogP contribution in [0, 0.1) is 5.92 Å². The molecule has 1 aliphatic rings. The Morgan fingerprint density at radius 3 is 2.63 bits per heavy atom. The molecule has 0 saturated heterocycles. The monoisotopic (exact) mass is 311 g/mol. The van der Waals surface area contributed by atoms with Crippen molar-refractivity contribution >= 4 is 34.3 Å². The molecule has 4 heteroatoms. The highest BCUT2D eigenvalue weighted by molar-refractivity contribution is 7.16. The summed E-state index contributed by atoms with van der Waals surface area (Å²) in [6.45, 7) is 2.32. The molecular weight excluding hydrogens is 294 g/mol. The molecule has 0 amide bonds. The smallest absolute Gasteiger partial charge is 0.0931 e. The highest BCUT2D eigenvalue weighted by atomic mass is 35.5. The first-order valence-corrected chi connectivity index (χ1v) is 8.86. The maximum atomic E-state index is 6.10. The van der Waals surface area contributed by atoms with Crippen LogP contribution in [0.4, 0.5) is 0 Å². The van der Waals surface area contributed by atoms with E-state index in [0.717, 1.165) is 10.3 Å². The summed E-state index contributed by atoms with van der Waals surface area (Å²) in [7, 11) is 0. The van der Waals surface area contributed by atoms with Crippen molar-refractivity contribution in [3.05, 3.63) is 43.7 Å². The molecule has 2 atom stereocenters. The van der Waals surface area contributed by atoms with Gasteiger partial charge in [-0.15, -0.1) is 22.7 Å². The number of nitrogens with one attached hydrogen (secondary N) is 1. The summed E-state index contributed by atoms with van der Waals surface area (Å²) in [4.78, 5) is 2.70. The predicted octanol–water partition coefficient (Wildman–Crippen LogP) is 5.33. The van der Waals surface area contributed by atoms with Crippen molar-refractivity contribution in [1.29, 1.82) is 0 Å². The summed E-state index contributed by atoms with van der Waals surface area (Å²) >= 11 is 9.60. The van der Waals surface area contributed by atoms with E-state index in [1.807, 2.05) is 17.4 Å². The topological polar surface area (TPSA) is 12.0 Å². The molecule has 1 N–H and O–H groups in total. The normalized spacial score (nSPS) is 19.1. The maximum absolute atomic E-state index is 6.10. The Kier molecular flexibility index (Phi) is 4.27. The largest absolute Gasteiger partial charge is 0.302 e. The average molecular weight is 312 g/mol. The van der Waals surface area contributed by atoms with Crippen molar-refractivity contribution in [1.82, 2.24) is 5.32 Å². The van der Waals surface area contributed by atoms with Crippen LogP contribution in [0.3, 0.4) is 0 Å².